The highest BCUT2D eigenvalue weighted by Gasteiger charge is 2.35. The SMILES string of the molecule is Cc1c(Br)ccc(N)c1C(=O)NC(C)(C)C(=O)OC(C)(C)C. The van der Waals surface area contributed by atoms with Gasteiger partial charge >= 0.3 is 5.97 Å². The first-order chi connectivity index (χ1) is 9.85. The molecule has 1 amide bonds. The van der Waals surface area contributed by atoms with E-state index in [1.54, 1.807) is 53.7 Å². The van der Waals surface area contributed by atoms with Gasteiger partial charge in [0.1, 0.15) is 11.1 Å². The number of halogens is 1. The summed E-state index contributed by atoms with van der Waals surface area (Å²) < 4.78 is 6.11. The van der Waals surface area contributed by atoms with Crippen LogP contribution in [0.2, 0.25) is 0 Å². The zero-order valence-electron chi connectivity index (χ0n) is 13.8. The van der Waals surface area contributed by atoms with Crippen molar-refractivity contribution in [3.05, 3.63) is 27.7 Å². The lowest BCUT2D eigenvalue weighted by atomic mass is 10.0. The van der Waals surface area contributed by atoms with E-state index in [0.717, 1.165) is 10.0 Å². The van der Waals surface area contributed by atoms with Crippen molar-refractivity contribution in [2.45, 2.75) is 52.7 Å². The van der Waals surface area contributed by atoms with Gasteiger partial charge < -0.3 is 15.8 Å². The van der Waals surface area contributed by atoms with Crippen LogP contribution in [0.3, 0.4) is 0 Å². The number of ether oxygens (including phenoxy) is 1. The third kappa shape index (κ3) is 4.47. The van der Waals surface area contributed by atoms with E-state index in [2.05, 4.69) is 21.2 Å². The molecule has 3 N–H and O–H groups in total. The average Bonchev–Trinajstić information content (AvgIpc) is 2.31. The van der Waals surface area contributed by atoms with Gasteiger partial charge in [-0.15, -0.1) is 0 Å². The van der Waals surface area contributed by atoms with E-state index in [-0.39, 0.29) is 0 Å². The van der Waals surface area contributed by atoms with Crippen molar-refractivity contribution >= 4 is 33.5 Å². The maximum atomic E-state index is 12.5. The van der Waals surface area contributed by atoms with Gasteiger partial charge in [-0.3, -0.25) is 4.79 Å². The van der Waals surface area contributed by atoms with Crippen LogP contribution in [0.5, 0.6) is 0 Å². The topological polar surface area (TPSA) is 81.4 Å². The number of carbonyl (C=O) groups is 2. The molecule has 0 aliphatic carbocycles. The van der Waals surface area contributed by atoms with Crippen molar-refractivity contribution in [1.82, 2.24) is 5.32 Å². The normalized spacial score (nSPS) is 12.0. The Morgan fingerprint density at radius 3 is 2.23 bits per heavy atom. The van der Waals surface area contributed by atoms with Gasteiger partial charge in [-0.05, 0) is 59.2 Å². The van der Waals surface area contributed by atoms with Crippen LogP contribution < -0.4 is 11.1 Å². The van der Waals surface area contributed by atoms with E-state index in [4.69, 9.17) is 10.5 Å². The molecule has 0 fully saturated rings. The first-order valence-electron chi connectivity index (χ1n) is 6.95. The van der Waals surface area contributed by atoms with E-state index in [1.807, 2.05) is 0 Å². The largest absolute Gasteiger partial charge is 0.458 e. The van der Waals surface area contributed by atoms with Crippen LogP contribution in [-0.4, -0.2) is 23.0 Å². The Morgan fingerprint density at radius 1 is 1.18 bits per heavy atom. The number of anilines is 1. The molecule has 1 aromatic carbocycles. The number of nitrogen functional groups attached to an aromatic ring is 1. The number of esters is 1. The molecule has 0 aliphatic heterocycles. The molecule has 0 spiro atoms. The van der Waals surface area contributed by atoms with E-state index >= 15 is 0 Å². The van der Waals surface area contributed by atoms with Crippen LogP contribution in [0.25, 0.3) is 0 Å². The second-order valence-electron chi connectivity index (χ2n) is 6.72. The fourth-order valence-corrected chi connectivity index (χ4v) is 2.14. The summed E-state index contributed by atoms with van der Waals surface area (Å²) in [5, 5.41) is 2.69. The van der Waals surface area contributed by atoms with Gasteiger partial charge in [0, 0.05) is 10.2 Å². The molecule has 0 aliphatic rings. The first kappa shape index (κ1) is 18.5. The first-order valence-corrected chi connectivity index (χ1v) is 7.75. The fraction of sp³-hybridized carbons (Fsp3) is 0.500. The molecule has 0 unspecified atom stereocenters. The molecule has 1 rings (SSSR count). The fourth-order valence-electron chi connectivity index (χ4n) is 1.81. The molecular formula is C16H23BrN2O3. The van der Waals surface area contributed by atoms with E-state index in [0.29, 0.717) is 11.3 Å². The number of nitrogens with two attached hydrogens (primary N) is 1. The summed E-state index contributed by atoms with van der Waals surface area (Å²) in [5.74, 6) is -0.910. The van der Waals surface area contributed by atoms with Crippen molar-refractivity contribution in [2.24, 2.45) is 0 Å². The summed E-state index contributed by atoms with van der Waals surface area (Å²) in [6, 6.07) is 3.42. The molecule has 0 aromatic heterocycles. The summed E-state index contributed by atoms with van der Waals surface area (Å²) in [6.07, 6.45) is 0. The molecule has 22 heavy (non-hydrogen) atoms. The smallest absolute Gasteiger partial charge is 0.331 e. The van der Waals surface area contributed by atoms with Crippen LogP contribution in [0.1, 0.15) is 50.5 Å². The minimum Gasteiger partial charge on any atom is -0.458 e. The molecule has 0 heterocycles. The Bertz CT molecular complexity index is 604. The van der Waals surface area contributed by atoms with Crippen molar-refractivity contribution in [2.75, 3.05) is 5.73 Å². The highest BCUT2D eigenvalue weighted by atomic mass is 79.9. The zero-order chi connectivity index (χ0) is 17.3. The number of amides is 1. The van der Waals surface area contributed by atoms with Crippen LogP contribution in [-0.2, 0) is 9.53 Å². The van der Waals surface area contributed by atoms with E-state index in [9.17, 15) is 9.59 Å². The van der Waals surface area contributed by atoms with Gasteiger partial charge in [0.25, 0.3) is 5.91 Å². The minimum atomic E-state index is -1.16. The summed E-state index contributed by atoms with van der Waals surface area (Å²) in [4.78, 5) is 24.7. The summed E-state index contributed by atoms with van der Waals surface area (Å²) in [7, 11) is 0. The van der Waals surface area contributed by atoms with Crippen molar-refractivity contribution in [1.29, 1.82) is 0 Å². The molecule has 0 radical (unpaired) electrons. The molecule has 122 valence electrons. The number of benzene rings is 1. The molecule has 0 atom stereocenters. The highest BCUT2D eigenvalue weighted by molar-refractivity contribution is 9.10. The molecular weight excluding hydrogens is 348 g/mol. The minimum absolute atomic E-state index is 0.353. The highest BCUT2D eigenvalue weighted by Crippen LogP contribution is 2.25. The number of hydrogen-bond acceptors (Lipinski definition) is 4. The van der Waals surface area contributed by atoms with Crippen LogP contribution in [0, 0.1) is 6.92 Å². The quantitative estimate of drug-likeness (QED) is 0.632. The Labute approximate surface area is 139 Å². The molecule has 0 saturated heterocycles. The van der Waals surface area contributed by atoms with E-state index in [1.165, 1.54) is 0 Å². The van der Waals surface area contributed by atoms with Crippen molar-refractivity contribution < 1.29 is 14.3 Å². The second-order valence-corrected chi connectivity index (χ2v) is 7.57. The standard InChI is InChI=1S/C16H23BrN2O3/c1-9-10(17)7-8-11(18)12(9)13(20)19-16(5,6)14(21)22-15(2,3)4/h7-8H,18H2,1-6H3,(H,19,20). The third-order valence-corrected chi connectivity index (χ3v) is 3.85. The lowest BCUT2D eigenvalue weighted by Crippen LogP contribution is -2.52. The zero-order valence-corrected chi connectivity index (χ0v) is 15.4. The Kier molecular flexibility index (Phi) is 5.28. The number of nitrogens with one attached hydrogen (secondary N) is 1. The van der Waals surface area contributed by atoms with E-state index < -0.39 is 23.0 Å². The summed E-state index contributed by atoms with van der Waals surface area (Å²) >= 11 is 3.37. The number of rotatable bonds is 3. The average molecular weight is 371 g/mol. The second kappa shape index (κ2) is 6.28. The van der Waals surface area contributed by atoms with Crippen molar-refractivity contribution in [3.63, 3.8) is 0 Å². The van der Waals surface area contributed by atoms with Crippen LogP contribution in [0.15, 0.2) is 16.6 Å². The Hall–Kier alpha value is -1.56. The molecule has 6 heteroatoms. The molecule has 0 saturated carbocycles. The monoisotopic (exact) mass is 370 g/mol. The molecule has 0 bridgehead atoms. The van der Waals surface area contributed by atoms with Gasteiger partial charge in [0.2, 0.25) is 0 Å². The van der Waals surface area contributed by atoms with Gasteiger partial charge in [0.15, 0.2) is 0 Å². The van der Waals surface area contributed by atoms with Gasteiger partial charge in [-0.2, -0.15) is 0 Å². The summed E-state index contributed by atoms with van der Waals surface area (Å²) in [5.41, 5.74) is 5.54. The van der Waals surface area contributed by atoms with Crippen LogP contribution in [0.4, 0.5) is 5.69 Å². The molecule has 5 nitrogen and oxygen atoms in total. The number of carbonyl (C=O) groups excluding carboxylic acids is 2. The van der Waals surface area contributed by atoms with Gasteiger partial charge in [0.05, 0.1) is 5.56 Å². The lowest BCUT2D eigenvalue weighted by molar-refractivity contribution is -0.161. The predicted octanol–water partition coefficient (Wildman–Crippen LogP) is 3.19. The third-order valence-electron chi connectivity index (χ3n) is 2.99. The van der Waals surface area contributed by atoms with Gasteiger partial charge in [-0.25, -0.2) is 4.79 Å². The predicted molar refractivity (Wildman–Crippen MR) is 90.7 cm³/mol. The van der Waals surface area contributed by atoms with Crippen molar-refractivity contribution in [3.8, 4) is 0 Å². The number of hydrogen-bond donors (Lipinski definition) is 2. The Morgan fingerprint density at radius 2 is 1.73 bits per heavy atom. The molecule has 1 aromatic rings. The maximum absolute atomic E-state index is 12.5. The summed E-state index contributed by atoms with van der Waals surface area (Å²) in [6.45, 7) is 10.3. The van der Waals surface area contributed by atoms with Gasteiger partial charge in [-0.1, -0.05) is 15.9 Å². The maximum Gasteiger partial charge on any atom is 0.331 e. The Balaban J connectivity index is 3.02. The lowest BCUT2D eigenvalue weighted by Gasteiger charge is -2.29. The van der Waals surface area contributed by atoms with Crippen LogP contribution >= 0.6 is 15.9 Å².